The van der Waals surface area contributed by atoms with Crippen LogP contribution in [0.2, 0.25) is 0 Å². The fourth-order valence-corrected chi connectivity index (χ4v) is 1.71. The Morgan fingerprint density at radius 3 is 2.18 bits per heavy atom. The summed E-state index contributed by atoms with van der Waals surface area (Å²) >= 11 is 0. The number of hydrogen-bond acceptors (Lipinski definition) is 2. The summed E-state index contributed by atoms with van der Waals surface area (Å²) in [5.74, 6) is 0.273. The van der Waals surface area contributed by atoms with Gasteiger partial charge in [-0.1, -0.05) is 18.2 Å². The van der Waals surface area contributed by atoms with Crippen LogP contribution in [0.25, 0.3) is 0 Å². The van der Waals surface area contributed by atoms with Crippen LogP contribution in [0.5, 0.6) is 0 Å². The molecule has 0 spiro atoms. The molecule has 1 aromatic rings. The minimum absolute atomic E-state index is 0.105. The zero-order chi connectivity index (χ0) is 13.0. The van der Waals surface area contributed by atoms with Gasteiger partial charge in [-0.05, 0) is 25.0 Å². The molecular weight excluding hydrogens is 214 g/mol. The minimum Gasteiger partial charge on any atom is -0.359 e. The normalized spacial score (nSPS) is 9.65. The zero-order valence-corrected chi connectivity index (χ0v) is 10.7. The van der Waals surface area contributed by atoms with E-state index in [-0.39, 0.29) is 11.9 Å². The Morgan fingerprint density at radius 2 is 1.71 bits per heavy atom. The second-order valence-electron chi connectivity index (χ2n) is 3.90. The Hall–Kier alpha value is -2.04. The third kappa shape index (κ3) is 2.96. The van der Waals surface area contributed by atoms with E-state index in [9.17, 15) is 0 Å². The number of nitrogens with one attached hydrogen (secondary N) is 4. The first kappa shape index (κ1) is 13.0. The predicted molar refractivity (Wildman–Crippen MR) is 72.0 cm³/mol. The summed E-state index contributed by atoms with van der Waals surface area (Å²) in [6.07, 6.45) is 0. The molecule has 1 rings (SSSR count). The average molecular weight is 233 g/mol. The van der Waals surface area contributed by atoms with Gasteiger partial charge in [0.15, 0.2) is 5.96 Å². The first-order valence-electron chi connectivity index (χ1n) is 5.39. The molecule has 5 nitrogen and oxygen atoms in total. The van der Waals surface area contributed by atoms with E-state index in [1.807, 2.05) is 39.1 Å². The second kappa shape index (κ2) is 5.34. The monoisotopic (exact) mass is 233 g/mol. The van der Waals surface area contributed by atoms with Crippen molar-refractivity contribution in [1.82, 2.24) is 10.6 Å². The van der Waals surface area contributed by atoms with Crippen molar-refractivity contribution in [3.8, 4) is 0 Å². The molecule has 0 unspecified atom stereocenters. The standard InChI is InChI=1S/C12H19N5/c1-8-6-5-7-9(2)10(8)17(4)12(14)16-11(13)15-3/h5-7H,1-4H3,(H4,13,14,15,16). The molecule has 0 bridgehead atoms. The van der Waals surface area contributed by atoms with E-state index in [4.69, 9.17) is 10.8 Å². The number of hydrogen-bond donors (Lipinski definition) is 4. The molecule has 0 amide bonds. The van der Waals surface area contributed by atoms with Crippen molar-refractivity contribution >= 4 is 17.6 Å². The summed E-state index contributed by atoms with van der Waals surface area (Å²) in [6.45, 7) is 4.02. The molecule has 1 aromatic carbocycles. The Balaban J connectivity index is 2.93. The highest BCUT2D eigenvalue weighted by atomic mass is 15.3. The van der Waals surface area contributed by atoms with Gasteiger partial charge in [0, 0.05) is 19.8 Å². The van der Waals surface area contributed by atoms with Gasteiger partial charge in [0.25, 0.3) is 0 Å². The van der Waals surface area contributed by atoms with E-state index < -0.39 is 0 Å². The first-order chi connectivity index (χ1) is 7.97. The third-order valence-electron chi connectivity index (χ3n) is 2.60. The van der Waals surface area contributed by atoms with E-state index in [1.54, 1.807) is 11.9 Å². The van der Waals surface area contributed by atoms with E-state index in [1.165, 1.54) is 0 Å². The maximum Gasteiger partial charge on any atom is 0.202 e. The van der Waals surface area contributed by atoms with Crippen molar-refractivity contribution in [2.75, 3.05) is 19.0 Å². The lowest BCUT2D eigenvalue weighted by atomic mass is 10.1. The molecule has 0 aliphatic carbocycles. The number of aryl methyl sites for hydroxylation is 2. The number of guanidine groups is 2. The summed E-state index contributed by atoms with van der Waals surface area (Å²) in [5, 5.41) is 20.6. The van der Waals surface area contributed by atoms with Gasteiger partial charge < -0.3 is 10.2 Å². The van der Waals surface area contributed by atoms with Crippen LogP contribution in [-0.2, 0) is 0 Å². The number of para-hydroxylation sites is 1. The predicted octanol–water partition coefficient (Wildman–Crippen LogP) is 1.42. The van der Waals surface area contributed by atoms with Gasteiger partial charge in [-0.25, -0.2) is 0 Å². The molecule has 0 atom stereocenters. The fourth-order valence-electron chi connectivity index (χ4n) is 1.71. The van der Waals surface area contributed by atoms with Gasteiger partial charge in [0.2, 0.25) is 5.96 Å². The van der Waals surface area contributed by atoms with E-state index in [2.05, 4.69) is 10.6 Å². The molecule has 5 heteroatoms. The molecule has 0 saturated carbocycles. The second-order valence-corrected chi connectivity index (χ2v) is 3.90. The lowest BCUT2D eigenvalue weighted by Crippen LogP contribution is -2.46. The highest BCUT2D eigenvalue weighted by molar-refractivity contribution is 6.04. The lowest BCUT2D eigenvalue weighted by Gasteiger charge is -2.24. The maximum atomic E-state index is 7.89. The van der Waals surface area contributed by atoms with Gasteiger partial charge in [-0.3, -0.25) is 16.1 Å². The van der Waals surface area contributed by atoms with Crippen molar-refractivity contribution < 1.29 is 0 Å². The highest BCUT2D eigenvalue weighted by Gasteiger charge is 2.12. The van der Waals surface area contributed by atoms with E-state index in [0.717, 1.165) is 16.8 Å². The molecule has 0 heterocycles. The van der Waals surface area contributed by atoms with Crippen LogP contribution in [0, 0.1) is 24.7 Å². The molecule has 4 N–H and O–H groups in total. The van der Waals surface area contributed by atoms with Gasteiger partial charge in [0.1, 0.15) is 0 Å². The van der Waals surface area contributed by atoms with Crippen LogP contribution >= 0.6 is 0 Å². The lowest BCUT2D eigenvalue weighted by molar-refractivity contribution is 1.02. The van der Waals surface area contributed by atoms with Crippen LogP contribution in [-0.4, -0.2) is 26.0 Å². The molecule has 0 radical (unpaired) electrons. The van der Waals surface area contributed by atoms with Gasteiger partial charge >= 0.3 is 0 Å². The first-order valence-corrected chi connectivity index (χ1v) is 5.39. The van der Waals surface area contributed by atoms with Crippen LogP contribution in [0.4, 0.5) is 5.69 Å². The van der Waals surface area contributed by atoms with Crippen LogP contribution in [0.1, 0.15) is 11.1 Å². The summed E-state index contributed by atoms with van der Waals surface area (Å²) in [5.41, 5.74) is 3.21. The van der Waals surface area contributed by atoms with Crippen molar-refractivity contribution in [3.63, 3.8) is 0 Å². The SMILES string of the molecule is CNC(=N)NC(=N)N(C)c1c(C)cccc1C. The molecule has 0 aromatic heterocycles. The summed E-state index contributed by atoms with van der Waals surface area (Å²) in [7, 11) is 3.45. The largest absolute Gasteiger partial charge is 0.359 e. The Morgan fingerprint density at radius 1 is 1.18 bits per heavy atom. The average Bonchev–Trinajstić information content (AvgIpc) is 2.28. The molecule has 17 heavy (non-hydrogen) atoms. The van der Waals surface area contributed by atoms with Crippen molar-refractivity contribution in [1.29, 1.82) is 10.8 Å². The molecule has 0 saturated heterocycles. The van der Waals surface area contributed by atoms with Gasteiger partial charge in [0.05, 0.1) is 0 Å². The smallest absolute Gasteiger partial charge is 0.202 e. The molecule has 0 fully saturated rings. The molecule has 92 valence electrons. The molecular formula is C12H19N5. The number of rotatable bonds is 1. The Kier molecular flexibility index (Phi) is 4.09. The van der Waals surface area contributed by atoms with Crippen molar-refractivity contribution in [3.05, 3.63) is 29.3 Å². The fraction of sp³-hybridized carbons (Fsp3) is 0.333. The van der Waals surface area contributed by atoms with Crippen molar-refractivity contribution in [2.24, 2.45) is 0 Å². The minimum atomic E-state index is 0.105. The molecule has 0 aliphatic rings. The van der Waals surface area contributed by atoms with Crippen LogP contribution in [0.3, 0.4) is 0 Å². The van der Waals surface area contributed by atoms with E-state index in [0.29, 0.717) is 0 Å². The summed E-state index contributed by atoms with van der Waals surface area (Å²) < 4.78 is 0. The highest BCUT2D eigenvalue weighted by Crippen LogP contribution is 2.22. The van der Waals surface area contributed by atoms with Crippen molar-refractivity contribution in [2.45, 2.75) is 13.8 Å². The number of benzene rings is 1. The van der Waals surface area contributed by atoms with Crippen LogP contribution < -0.4 is 15.5 Å². The summed E-state index contributed by atoms with van der Waals surface area (Å²) in [4.78, 5) is 1.73. The van der Waals surface area contributed by atoms with Gasteiger partial charge in [-0.2, -0.15) is 0 Å². The topological polar surface area (TPSA) is 75.0 Å². The Labute approximate surface area is 102 Å². The summed E-state index contributed by atoms with van der Waals surface area (Å²) in [6, 6.07) is 6.01. The van der Waals surface area contributed by atoms with Crippen LogP contribution in [0.15, 0.2) is 18.2 Å². The van der Waals surface area contributed by atoms with Gasteiger partial charge in [-0.15, -0.1) is 0 Å². The molecule has 0 aliphatic heterocycles. The number of anilines is 1. The maximum absolute atomic E-state index is 7.89. The third-order valence-corrected chi connectivity index (χ3v) is 2.60. The number of nitrogens with zero attached hydrogens (tertiary/aromatic N) is 1. The van der Waals surface area contributed by atoms with E-state index >= 15 is 0 Å². The zero-order valence-electron chi connectivity index (χ0n) is 10.7. The quantitative estimate of drug-likeness (QED) is 0.438. The Bertz CT molecular complexity index is 418.